The maximum atomic E-state index is 12.0. The average molecular weight is 374 g/mol. The number of hydrogen-bond donors (Lipinski definition) is 1. The van der Waals surface area contributed by atoms with E-state index in [-0.39, 0.29) is 13.0 Å². The van der Waals surface area contributed by atoms with E-state index in [2.05, 4.69) is 4.98 Å². The predicted molar refractivity (Wildman–Crippen MR) is 92.1 cm³/mol. The summed E-state index contributed by atoms with van der Waals surface area (Å²) in [5.41, 5.74) is -0.835. The number of aromatic nitrogens is 2. The molecule has 1 aromatic carbocycles. The van der Waals surface area contributed by atoms with Crippen molar-refractivity contribution in [3.8, 4) is 0 Å². The van der Waals surface area contributed by atoms with Crippen molar-refractivity contribution in [2.75, 3.05) is 6.61 Å². The maximum absolute atomic E-state index is 12.0. The van der Waals surface area contributed by atoms with Crippen molar-refractivity contribution in [1.82, 2.24) is 9.55 Å². The molecule has 0 unspecified atom stereocenters. The normalized spacial score (nSPS) is 21.6. The van der Waals surface area contributed by atoms with Crippen LogP contribution in [-0.4, -0.2) is 40.3 Å². The van der Waals surface area contributed by atoms with Crippen LogP contribution in [0.3, 0.4) is 0 Å². The first-order valence-corrected chi connectivity index (χ1v) is 8.30. The lowest BCUT2D eigenvalue weighted by atomic mass is 10.2. The minimum absolute atomic E-state index is 0.0693. The first kappa shape index (κ1) is 18.6. The number of carbonyl (C=O) groups excluding carboxylic acids is 2. The Morgan fingerprint density at radius 1 is 1.22 bits per heavy atom. The minimum atomic E-state index is -0.932. The number of H-pyrrole nitrogens is 1. The summed E-state index contributed by atoms with van der Waals surface area (Å²) in [6.07, 6.45) is -0.769. The van der Waals surface area contributed by atoms with E-state index in [4.69, 9.17) is 14.2 Å². The van der Waals surface area contributed by atoms with Crippen LogP contribution in [0, 0.1) is 0 Å². The van der Waals surface area contributed by atoms with Crippen molar-refractivity contribution in [3.05, 3.63) is 69.0 Å². The van der Waals surface area contributed by atoms with Gasteiger partial charge in [-0.15, -0.1) is 0 Å². The molecule has 27 heavy (non-hydrogen) atoms. The number of aromatic amines is 1. The van der Waals surface area contributed by atoms with Crippen LogP contribution < -0.4 is 11.2 Å². The fraction of sp³-hybridized carbons (Fsp3) is 0.333. The molecular formula is C18H18N2O7. The molecule has 1 aliphatic heterocycles. The molecule has 3 rings (SSSR count). The third-order valence-electron chi connectivity index (χ3n) is 4.00. The third kappa shape index (κ3) is 4.50. The molecule has 0 saturated carbocycles. The van der Waals surface area contributed by atoms with Crippen molar-refractivity contribution >= 4 is 11.9 Å². The van der Waals surface area contributed by atoms with Gasteiger partial charge in [-0.2, -0.15) is 0 Å². The van der Waals surface area contributed by atoms with Gasteiger partial charge in [-0.25, -0.2) is 9.59 Å². The van der Waals surface area contributed by atoms with E-state index in [9.17, 15) is 19.2 Å². The zero-order chi connectivity index (χ0) is 19.4. The lowest BCUT2D eigenvalue weighted by molar-refractivity contribution is -0.152. The Hall–Kier alpha value is -3.20. The van der Waals surface area contributed by atoms with Crippen molar-refractivity contribution in [1.29, 1.82) is 0 Å². The highest BCUT2D eigenvalue weighted by Crippen LogP contribution is 2.30. The Kier molecular flexibility index (Phi) is 5.51. The van der Waals surface area contributed by atoms with Crippen LogP contribution in [0.1, 0.15) is 29.9 Å². The highest BCUT2D eigenvalue weighted by atomic mass is 16.6. The van der Waals surface area contributed by atoms with Gasteiger partial charge in [0.25, 0.3) is 5.56 Å². The first-order valence-electron chi connectivity index (χ1n) is 8.30. The molecule has 0 aliphatic carbocycles. The summed E-state index contributed by atoms with van der Waals surface area (Å²) < 4.78 is 17.4. The fourth-order valence-corrected chi connectivity index (χ4v) is 2.84. The second kappa shape index (κ2) is 8.00. The molecule has 2 aromatic rings. The van der Waals surface area contributed by atoms with Crippen LogP contribution in [-0.2, 0) is 19.0 Å². The van der Waals surface area contributed by atoms with Gasteiger partial charge in [0.05, 0.1) is 11.7 Å². The number of carbonyl (C=O) groups is 2. The quantitative estimate of drug-likeness (QED) is 0.762. The first-order chi connectivity index (χ1) is 12.9. The van der Waals surface area contributed by atoms with E-state index in [1.807, 2.05) is 0 Å². The summed E-state index contributed by atoms with van der Waals surface area (Å²) in [6.45, 7) is 1.18. The highest BCUT2D eigenvalue weighted by molar-refractivity contribution is 5.89. The highest BCUT2D eigenvalue weighted by Gasteiger charge is 2.40. The lowest BCUT2D eigenvalue weighted by Gasteiger charge is -2.20. The molecule has 1 aliphatic rings. The fourth-order valence-electron chi connectivity index (χ4n) is 2.84. The molecule has 0 radical (unpaired) electrons. The monoisotopic (exact) mass is 374 g/mol. The Morgan fingerprint density at radius 3 is 2.63 bits per heavy atom. The van der Waals surface area contributed by atoms with E-state index < -0.39 is 41.6 Å². The topological polar surface area (TPSA) is 117 Å². The van der Waals surface area contributed by atoms with Crippen molar-refractivity contribution in [3.63, 3.8) is 0 Å². The molecule has 9 nitrogen and oxygen atoms in total. The van der Waals surface area contributed by atoms with Crippen LogP contribution in [0.15, 0.2) is 52.2 Å². The number of hydrogen-bond acceptors (Lipinski definition) is 7. The summed E-state index contributed by atoms with van der Waals surface area (Å²) in [5, 5.41) is 0. The molecule has 142 valence electrons. The predicted octanol–water partition coefficient (Wildman–Crippen LogP) is 0.613. The van der Waals surface area contributed by atoms with E-state index in [1.54, 1.807) is 30.3 Å². The van der Waals surface area contributed by atoms with E-state index in [1.165, 1.54) is 19.2 Å². The molecule has 1 saturated heterocycles. The zero-order valence-corrected chi connectivity index (χ0v) is 14.5. The Balaban J connectivity index is 1.71. The molecule has 3 atom stereocenters. The van der Waals surface area contributed by atoms with Crippen LogP contribution >= 0.6 is 0 Å². The molecule has 0 amide bonds. The molecule has 9 heteroatoms. The number of esters is 2. The smallest absolute Gasteiger partial charge is 0.338 e. The second-order valence-corrected chi connectivity index (χ2v) is 6.01. The largest absolute Gasteiger partial charge is 0.459 e. The summed E-state index contributed by atoms with van der Waals surface area (Å²) in [7, 11) is 0. The number of nitrogens with zero attached hydrogens (tertiary/aromatic N) is 1. The molecule has 1 aromatic heterocycles. The van der Waals surface area contributed by atoms with E-state index in [0.717, 1.165) is 4.57 Å². The molecule has 0 spiro atoms. The zero-order valence-electron chi connectivity index (χ0n) is 14.5. The van der Waals surface area contributed by atoms with Gasteiger partial charge in [0, 0.05) is 25.6 Å². The second-order valence-electron chi connectivity index (χ2n) is 6.01. The van der Waals surface area contributed by atoms with E-state index in [0.29, 0.717) is 5.56 Å². The molecule has 1 fully saturated rings. The van der Waals surface area contributed by atoms with Gasteiger partial charge in [0.1, 0.15) is 12.7 Å². The van der Waals surface area contributed by atoms with Crippen LogP contribution in [0.2, 0.25) is 0 Å². The summed E-state index contributed by atoms with van der Waals surface area (Å²) in [5.74, 6) is -1.04. The molecule has 1 N–H and O–H groups in total. The lowest BCUT2D eigenvalue weighted by Crippen LogP contribution is -2.36. The summed E-state index contributed by atoms with van der Waals surface area (Å²) in [6, 6.07) is 9.64. The number of nitrogens with one attached hydrogen (secondary N) is 1. The van der Waals surface area contributed by atoms with Gasteiger partial charge in [0.2, 0.25) is 0 Å². The van der Waals surface area contributed by atoms with Gasteiger partial charge < -0.3 is 14.2 Å². The molecule has 0 bridgehead atoms. The number of rotatable bonds is 5. The number of benzene rings is 1. The Labute approximate surface area is 153 Å². The molecule has 2 heterocycles. The molecular weight excluding hydrogens is 356 g/mol. The van der Waals surface area contributed by atoms with E-state index >= 15 is 0 Å². The SMILES string of the molecule is CC(=O)O[C@@H]1C[C@@H](COC(=O)c2ccccc2)O[C@H]1n1ccc(=O)[nH]c1=O. The standard InChI is InChI=1S/C18H18N2O7/c1-11(21)26-14-9-13(10-25-17(23)12-5-3-2-4-6-12)27-16(14)20-8-7-15(22)19-18(20)24/h2-8,13-14,16H,9-10H2,1H3,(H,19,22,24)/t13-,14+,16+/m0/s1. The maximum Gasteiger partial charge on any atom is 0.338 e. The van der Waals surface area contributed by atoms with Gasteiger partial charge in [-0.3, -0.25) is 19.1 Å². The van der Waals surface area contributed by atoms with Gasteiger partial charge >= 0.3 is 17.6 Å². The van der Waals surface area contributed by atoms with Crippen LogP contribution in [0.4, 0.5) is 0 Å². The Morgan fingerprint density at radius 2 is 1.96 bits per heavy atom. The minimum Gasteiger partial charge on any atom is -0.459 e. The van der Waals surface area contributed by atoms with Gasteiger partial charge in [0.15, 0.2) is 6.23 Å². The number of ether oxygens (including phenoxy) is 3. The van der Waals surface area contributed by atoms with Gasteiger partial charge in [-0.05, 0) is 12.1 Å². The van der Waals surface area contributed by atoms with Crippen molar-refractivity contribution in [2.24, 2.45) is 0 Å². The van der Waals surface area contributed by atoms with Crippen LogP contribution in [0.25, 0.3) is 0 Å². The third-order valence-corrected chi connectivity index (χ3v) is 4.00. The average Bonchev–Trinajstić information content (AvgIpc) is 3.02. The Bertz CT molecular complexity index is 934. The summed E-state index contributed by atoms with van der Waals surface area (Å²) in [4.78, 5) is 48.8. The van der Waals surface area contributed by atoms with Gasteiger partial charge in [-0.1, -0.05) is 18.2 Å². The van der Waals surface area contributed by atoms with Crippen molar-refractivity contribution < 1.29 is 23.8 Å². The summed E-state index contributed by atoms with van der Waals surface area (Å²) >= 11 is 0. The van der Waals surface area contributed by atoms with Crippen molar-refractivity contribution in [2.45, 2.75) is 31.8 Å². The van der Waals surface area contributed by atoms with Crippen LogP contribution in [0.5, 0.6) is 0 Å².